The molecule has 7 heteroatoms. The van der Waals surface area contributed by atoms with Gasteiger partial charge in [0.2, 0.25) is 0 Å². The standard InChI is InChI=1S/C25H24N2O5/c1-2-3-16-31-22-14-8-20(9-15-22)25(30)32-23-12-4-18(5-13-23)17-26-27-24(29)19-6-10-21(28)11-7-19/h4-15,17,28H,2-3,16H2,1H3,(H,27,29). The Morgan fingerprint density at radius 3 is 2.19 bits per heavy atom. The molecular formula is C25H24N2O5. The Balaban J connectivity index is 1.50. The van der Waals surface area contributed by atoms with E-state index in [4.69, 9.17) is 9.47 Å². The molecule has 7 nitrogen and oxygen atoms in total. The average molecular weight is 432 g/mol. The van der Waals surface area contributed by atoms with Crippen LogP contribution in [0.25, 0.3) is 0 Å². The minimum atomic E-state index is -0.465. The molecule has 1 amide bonds. The molecule has 3 rings (SSSR count). The van der Waals surface area contributed by atoms with Gasteiger partial charge in [0.25, 0.3) is 5.91 Å². The van der Waals surface area contributed by atoms with Crippen molar-refractivity contribution in [1.29, 1.82) is 0 Å². The lowest BCUT2D eigenvalue weighted by atomic mass is 10.2. The number of unbranched alkanes of at least 4 members (excludes halogenated alkanes) is 1. The molecule has 3 aromatic carbocycles. The van der Waals surface area contributed by atoms with Crippen LogP contribution >= 0.6 is 0 Å². The molecule has 32 heavy (non-hydrogen) atoms. The molecule has 0 heterocycles. The van der Waals surface area contributed by atoms with Crippen molar-refractivity contribution >= 4 is 18.1 Å². The number of benzene rings is 3. The maximum Gasteiger partial charge on any atom is 0.343 e. The van der Waals surface area contributed by atoms with E-state index in [1.807, 2.05) is 0 Å². The van der Waals surface area contributed by atoms with Gasteiger partial charge in [-0.25, -0.2) is 10.2 Å². The second-order valence-corrected chi connectivity index (χ2v) is 6.93. The SMILES string of the molecule is CCCCOc1ccc(C(=O)Oc2ccc(C=NNC(=O)c3ccc(O)cc3)cc2)cc1. The van der Waals surface area contributed by atoms with Crippen LogP contribution in [0.15, 0.2) is 77.9 Å². The van der Waals surface area contributed by atoms with Crippen molar-refractivity contribution in [2.75, 3.05) is 6.61 Å². The molecule has 0 aliphatic heterocycles. The van der Waals surface area contributed by atoms with Gasteiger partial charge < -0.3 is 14.6 Å². The average Bonchev–Trinajstić information content (AvgIpc) is 2.81. The summed E-state index contributed by atoms with van der Waals surface area (Å²) < 4.78 is 11.0. The first-order valence-electron chi connectivity index (χ1n) is 10.2. The second kappa shape index (κ2) is 11.3. The first-order valence-corrected chi connectivity index (χ1v) is 10.2. The van der Waals surface area contributed by atoms with Gasteiger partial charge in [-0.2, -0.15) is 5.10 Å². The Hall–Kier alpha value is -4.13. The number of phenols is 1. The lowest BCUT2D eigenvalue weighted by Gasteiger charge is -2.07. The van der Waals surface area contributed by atoms with E-state index in [2.05, 4.69) is 17.5 Å². The molecular weight excluding hydrogens is 408 g/mol. The van der Waals surface area contributed by atoms with Crippen LogP contribution in [0, 0.1) is 0 Å². The van der Waals surface area contributed by atoms with Gasteiger partial charge in [-0.3, -0.25) is 4.79 Å². The van der Waals surface area contributed by atoms with Gasteiger partial charge >= 0.3 is 5.97 Å². The first kappa shape index (κ1) is 22.6. The number of amides is 1. The molecule has 0 saturated carbocycles. The topological polar surface area (TPSA) is 97.2 Å². The summed E-state index contributed by atoms with van der Waals surface area (Å²) >= 11 is 0. The molecule has 0 unspecified atom stereocenters. The highest BCUT2D eigenvalue weighted by atomic mass is 16.5. The molecule has 0 fully saturated rings. The summed E-state index contributed by atoms with van der Waals surface area (Å²) in [6, 6.07) is 19.4. The third-order valence-corrected chi connectivity index (χ3v) is 4.46. The Morgan fingerprint density at radius 1 is 0.906 bits per heavy atom. The number of nitrogens with one attached hydrogen (secondary N) is 1. The fourth-order valence-electron chi connectivity index (χ4n) is 2.65. The predicted octanol–water partition coefficient (Wildman–Crippen LogP) is 4.55. The van der Waals surface area contributed by atoms with Crippen molar-refractivity contribution in [3.05, 3.63) is 89.5 Å². The molecule has 0 aliphatic rings. The van der Waals surface area contributed by atoms with E-state index in [0.717, 1.165) is 18.6 Å². The zero-order valence-corrected chi connectivity index (χ0v) is 17.7. The van der Waals surface area contributed by atoms with Gasteiger partial charge in [-0.05, 0) is 84.8 Å². The van der Waals surface area contributed by atoms with Crippen LogP contribution in [-0.4, -0.2) is 29.8 Å². The Morgan fingerprint density at radius 2 is 1.53 bits per heavy atom. The van der Waals surface area contributed by atoms with Crippen LogP contribution in [0.3, 0.4) is 0 Å². The number of esters is 1. The largest absolute Gasteiger partial charge is 0.508 e. The van der Waals surface area contributed by atoms with Crippen molar-refractivity contribution in [3.63, 3.8) is 0 Å². The molecule has 0 saturated heterocycles. The summed E-state index contributed by atoms with van der Waals surface area (Å²) in [4.78, 5) is 24.3. The quantitative estimate of drug-likeness (QED) is 0.170. The maximum absolute atomic E-state index is 12.3. The van der Waals surface area contributed by atoms with Gasteiger partial charge in [0.05, 0.1) is 18.4 Å². The van der Waals surface area contributed by atoms with Crippen molar-refractivity contribution in [1.82, 2.24) is 5.43 Å². The molecule has 3 aromatic rings. The lowest BCUT2D eigenvalue weighted by Crippen LogP contribution is -2.17. The Bertz CT molecular complexity index is 1060. The van der Waals surface area contributed by atoms with E-state index >= 15 is 0 Å². The van der Waals surface area contributed by atoms with Gasteiger partial charge in [0, 0.05) is 5.56 Å². The molecule has 2 N–H and O–H groups in total. The molecule has 0 aromatic heterocycles. The number of phenolic OH excluding ortho intramolecular Hbond substituents is 1. The molecule has 0 radical (unpaired) electrons. The molecule has 0 bridgehead atoms. The van der Waals surface area contributed by atoms with Crippen molar-refractivity contribution in [3.8, 4) is 17.2 Å². The summed E-state index contributed by atoms with van der Waals surface area (Å²) in [5, 5.41) is 13.2. The smallest absolute Gasteiger partial charge is 0.343 e. The fourth-order valence-corrected chi connectivity index (χ4v) is 2.65. The molecule has 0 aliphatic carbocycles. The lowest BCUT2D eigenvalue weighted by molar-refractivity contribution is 0.0734. The molecule has 164 valence electrons. The number of hydrogen-bond donors (Lipinski definition) is 2. The summed E-state index contributed by atoms with van der Waals surface area (Å²) in [6.07, 6.45) is 3.51. The first-order chi connectivity index (χ1) is 15.5. The number of hydrogen-bond acceptors (Lipinski definition) is 6. The zero-order chi connectivity index (χ0) is 22.8. The third kappa shape index (κ3) is 6.70. The van der Waals surface area contributed by atoms with Crippen molar-refractivity contribution in [2.24, 2.45) is 5.10 Å². The fraction of sp³-hybridized carbons (Fsp3) is 0.160. The van der Waals surface area contributed by atoms with Gasteiger partial charge in [0.1, 0.15) is 17.2 Å². The molecule has 0 spiro atoms. The highest BCUT2D eigenvalue weighted by Gasteiger charge is 2.09. The van der Waals surface area contributed by atoms with E-state index < -0.39 is 11.9 Å². The van der Waals surface area contributed by atoms with Crippen LogP contribution in [0.4, 0.5) is 0 Å². The van der Waals surface area contributed by atoms with Crippen LogP contribution in [0.5, 0.6) is 17.2 Å². The Kier molecular flexibility index (Phi) is 7.97. The maximum atomic E-state index is 12.3. The third-order valence-electron chi connectivity index (χ3n) is 4.46. The van der Waals surface area contributed by atoms with Crippen LogP contribution in [0.2, 0.25) is 0 Å². The highest BCUT2D eigenvalue weighted by molar-refractivity contribution is 5.95. The number of ether oxygens (including phenoxy) is 2. The van der Waals surface area contributed by atoms with Crippen LogP contribution < -0.4 is 14.9 Å². The number of carbonyl (C=O) groups excluding carboxylic acids is 2. The van der Waals surface area contributed by atoms with E-state index in [0.29, 0.717) is 29.0 Å². The number of hydrazone groups is 1. The molecule has 0 atom stereocenters. The second-order valence-electron chi connectivity index (χ2n) is 6.93. The monoisotopic (exact) mass is 432 g/mol. The minimum Gasteiger partial charge on any atom is -0.508 e. The number of rotatable bonds is 9. The van der Waals surface area contributed by atoms with Gasteiger partial charge in [-0.1, -0.05) is 13.3 Å². The highest BCUT2D eigenvalue weighted by Crippen LogP contribution is 2.17. The Labute approximate surface area is 186 Å². The summed E-state index contributed by atoms with van der Waals surface area (Å²) in [7, 11) is 0. The zero-order valence-electron chi connectivity index (χ0n) is 17.7. The number of nitrogens with zero attached hydrogens (tertiary/aromatic N) is 1. The van der Waals surface area contributed by atoms with E-state index in [1.165, 1.54) is 30.5 Å². The van der Waals surface area contributed by atoms with Crippen LogP contribution in [-0.2, 0) is 0 Å². The summed E-state index contributed by atoms with van der Waals surface area (Å²) in [5.74, 6) is 0.334. The van der Waals surface area contributed by atoms with Crippen molar-refractivity contribution in [2.45, 2.75) is 19.8 Å². The number of carbonyl (C=O) groups is 2. The van der Waals surface area contributed by atoms with Crippen LogP contribution in [0.1, 0.15) is 46.0 Å². The van der Waals surface area contributed by atoms with Crippen molar-refractivity contribution < 1.29 is 24.2 Å². The number of aromatic hydroxyl groups is 1. The normalized spacial score (nSPS) is 10.7. The minimum absolute atomic E-state index is 0.0827. The summed E-state index contributed by atoms with van der Waals surface area (Å²) in [6.45, 7) is 2.75. The predicted molar refractivity (Wildman–Crippen MR) is 121 cm³/mol. The van der Waals surface area contributed by atoms with E-state index in [9.17, 15) is 14.7 Å². The summed E-state index contributed by atoms with van der Waals surface area (Å²) in [5.41, 5.74) is 3.93. The van der Waals surface area contributed by atoms with Gasteiger partial charge in [0.15, 0.2) is 0 Å². The van der Waals surface area contributed by atoms with E-state index in [-0.39, 0.29) is 5.75 Å². The van der Waals surface area contributed by atoms with Gasteiger partial charge in [-0.15, -0.1) is 0 Å². The van der Waals surface area contributed by atoms with E-state index in [1.54, 1.807) is 48.5 Å².